The Morgan fingerprint density at radius 3 is 2.73 bits per heavy atom. The minimum absolute atomic E-state index is 0.149. The zero-order chi connectivity index (χ0) is 22.6. The number of hydrogen-bond acceptors (Lipinski definition) is 5. The predicted octanol–water partition coefficient (Wildman–Crippen LogP) is 3.51. The molecule has 33 heavy (non-hydrogen) atoms. The molecular weight excluding hydrogens is 416 g/mol. The van der Waals surface area contributed by atoms with Gasteiger partial charge in [0.05, 0.1) is 48.5 Å². The van der Waals surface area contributed by atoms with Gasteiger partial charge in [0.1, 0.15) is 5.75 Å². The van der Waals surface area contributed by atoms with E-state index in [1.165, 1.54) is 0 Å². The molecular formula is C26H28N4O3. The smallest absolute Gasteiger partial charge is 0.221 e. The third-order valence-electron chi connectivity index (χ3n) is 6.03. The van der Waals surface area contributed by atoms with Crippen LogP contribution in [0.15, 0.2) is 54.6 Å². The summed E-state index contributed by atoms with van der Waals surface area (Å²) in [5, 5.41) is 0.995. The van der Waals surface area contributed by atoms with Gasteiger partial charge in [-0.2, -0.15) is 0 Å². The SMILES string of the molecule is NC(=O)Cc1cc(-c2ccccc2)nc2c1[nH]c1cc(OCCCN3CCOCC3)ccc12. The Balaban J connectivity index is 1.40. The zero-order valence-corrected chi connectivity index (χ0v) is 18.5. The van der Waals surface area contributed by atoms with Crippen LogP contribution in [-0.4, -0.2) is 60.2 Å². The molecule has 0 unspecified atom stereocenters. The third-order valence-corrected chi connectivity index (χ3v) is 6.03. The second-order valence-corrected chi connectivity index (χ2v) is 8.39. The Labute approximate surface area is 192 Å². The first kappa shape index (κ1) is 21.4. The van der Waals surface area contributed by atoms with Crippen molar-refractivity contribution in [3.8, 4) is 17.0 Å². The Bertz CT molecular complexity index is 1260. The highest BCUT2D eigenvalue weighted by Gasteiger charge is 2.15. The van der Waals surface area contributed by atoms with Gasteiger partial charge >= 0.3 is 0 Å². The molecule has 1 aliphatic heterocycles. The summed E-state index contributed by atoms with van der Waals surface area (Å²) in [4.78, 5) is 22.5. The number of benzene rings is 2. The standard InChI is InChI=1S/C26H28N4O3/c27-24(31)16-19-15-22(18-5-2-1-3-6-18)28-26-21-8-7-20(17-23(21)29-25(19)26)33-12-4-9-30-10-13-32-14-11-30/h1-3,5-8,15,17,29H,4,9-14,16H2,(H2,27,31). The van der Waals surface area contributed by atoms with Crippen LogP contribution in [0, 0.1) is 0 Å². The molecule has 4 aromatic rings. The summed E-state index contributed by atoms with van der Waals surface area (Å²) >= 11 is 0. The molecule has 7 nitrogen and oxygen atoms in total. The number of ether oxygens (including phenoxy) is 2. The van der Waals surface area contributed by atoms with Crippen molar-refractivity contribution in [2.75, 3.05) is 39.5 Å². The molecule has 0 spiro atoms. The van der Waals surface area contributed by atoms with Crippen LogP contribution in [0.3, 0.4) is 0 Å². The van der Waals surface area contributed by atoms with Gasteiger partial charge in [-0.05, 0) is 30.2 Å². The Morgan fingerprint density at radius 1 is 1.12 bits per heavy atom. The van der Waals surface area contributed by atoms with E-state index >= 15 is 0 Å². The van der Waals surface area contributed by atoms with Crippen molar-refractivity contribution in [2.45, 2.75) is 12.8 Å². The molecule has 3 N–H and O–H groups in total. The molecule has 1 aliphatic rings. The Kier molecular flexibility index (Phi) is 6.24. The summed E-state index contributed by atoms with van der Waals surface area (Å²) in [7, 11) is 0. The first-order valence-electron chi connectivity index (χ1n) is 11.4. The van der Waals surface area contributed by atoms with E-state index in [1.807, 2.05) is 54.6 Å². The van der Waals surface area contributed by atoms with Gasteiger partial charge in [0.15, 0.2) is 0 Å². The Morgan fingerprint density at radius 2 is 1.94 bits per heavy atom. The van der Waals surface area contributed by atoms with E-state index in [1.54, 1.807) is 0 Å². The van der Waals surface area contributed by atoms with Crippen molar-refractivity contribution >= 4 is 27.8 Å². The average Bonchev–Trinajstić information content (AvgIpc) is 3.21. The van der Waals surface area contributed by atoms with Gasteiger partial charge in [0.25, 0.3) is 0 Å². The molecule has 0 saturated carbocycles. The number of nitrogens with one attached hydrogen (secondary N) is 1. The molecule has 1 saturated heterocycles. The summed E-state index contributed by atoms with van der Waals surface area (Å²) in [6.07, 6.45) is 1.12. The van der Waals surface area contributed by atoms with E-state index in [9.17, 15) is 4.79 Å². The van der Waals surface area contributed by atoms with Crippen LogP contribution in [0.1, 0.15) is 12.0 Å². The van der Waals surface area contributed by atoms with Crippen molar-refractivity contribution in [1.82, 2.24) is 14.9 Å². The van der Waals surface area contributed by atoms with E-state index < -0.39 is 0 Å². The molecule has 2 aromatic heterocycles. The van der Waals surface area contributed by atoms with Gasteiger partial charge in [-0.25, -0.2) is 4.98 Å². The molecule has 2 aromatic carbocycles. The van der Waals surface area contributed by atoms with Crippen molar-refractivity contribution < 1.29 is 14.3 Å². The van der Waals surface area contributed by atoms with Crippen molar-refractivity contribution in [1.29, 1.82) is 0 Å². The average molecular weight is 445 g/mol. The third kappa shape index (κ3) is 4.84. The number of nitrogens with two attached hydrogens (primary N) is 1. The fraction of sp³-hybridized carbons (Fsp3) is 0.308. The lowest BCUT2D eigenvalue weighted by atomic mass is 10.0. The molecule has 0 radical (unpaired) electrons. The zero-order valence-electron chi connectivity index (χ0n) is 18.5. The van der Waals surface area contributed by atoms with Crippen LogP contribution in [-0.2, 0) is 16.0 Å². The first-order chi connectivity index (χ1) is 16.2. The molecule has 1 amide bonds. The van der Waals surface area contributed by atoms with E-state index in [2.05, 4.69) is 9.88 Å². The summed E-state index contributed by atoms with van der Waals surface area (Å²) in [6.45, 7) is 5.29. The quantitative estimate of drug-likeness (QED) is 0.406. The fourth-order valence-corrected chi connectivity index (χ4v) is 4.38. The second kappa shape index (κ2) is 9.60. The van der Waals surface area contributed by atoms with Crippen LogP contribution in [0.2, 0.25) is 0 Å². The van der Waals surface area contributed by atoms with Crippen molar-refractivity contribution in [2.24, 2.45) is 5.73 Å². The number of H-pyrrole nitrogens is 1. The topological polar surface area (TPSA) is 93.5 Å². The number of amides is 1. The normalized spacial score (nSPS) is 14.7. The summed E-state index contributed by atoms with van der Waals surface area (Å²) in [5.74, 6) is 0.445. The van der Waals surface area contributed by atoms with Gasteiger partial charge < -0.3 is 20.2 Å². The number of carbonyl (C=O) groups is 1. The number of nitrogens with zero attached hydrogens (tertiary/aromatic N) is 2. The highest BCUT2D eigenvalue weighted by molar-refractivity contribution is 6.07. The number of morpholine rings is 1. The number of aromatic amines is 1. The largest absolute Gasteiger partial charge is 0.493 e. The predicted molar refractivity (Wildman–Crippen MR) is 129 cm³/mol. The van der Waals surface area contributed by atoms with Crippen LogP contribution in [0.5, 0.6) is 5.75 Å². The fourth-order valence-electron chi connectivity index (χ4n) is 4.38. The second-order valence-electron chi connectivity index (χ2n) is 8.39. The molecule has 7 heteroatoms. The molecule has 0 atom stereocenters. The molecule has 170 valence electrons. The minimum atomic E-state index is -0.371. The Hall–Kier alpha value is -3.42. The number of fused-ring (bicyclic) bond motifs is 3. The number of carbonyl (C=O) groups excluding carboxylic acids is 1. The van der Waals surface area contributed by atoms with Gasteiger partial charge in [0.2, 0.25) is 5.91 Å². The summed E-state index contributed by atoms with van der Waals surface area (Å²) in [5.41, 5.74) is 10.8. The lowest BCUT2D eigenvalue weighted by Crippen LogP contribution is -2.37. The minimum Gasteiger partial charge on any atom is -0.493 e. The van der Waals surface area contributed by atoms with Crippen LogP contribution >= 0.6 is 0 Å². The number of primary amides is 1. The number of aromatic nitrogens is 2. The summed E-state index contributed by atoms with van der Waals surface area (Å²) < 4.78 is 11.4. The number of pyridine rings is 1. The van der Waals surface area contributed by atoms with Gasteiger partial charge in [-0.15, -0.1) is 0 Å². The lowest BCUT2D eigenvalue weighted by molar-refractivity contribution is -0.117. The maximum Gasteiger partial charge on any atom is 0.221 e. The van der Waals surface area contributed by atoms with E-state index in [-0.39, 0.29) is 12.3 Å². The molecule has 0 bridgehead atoms. The van der Waals surface area contributed by atoms with Gasteiger partial charge in [-0.3, -0.25) is 9.69 Å². The van der Waals surface area contributed by atoms with Crippen LogP contribution in [0.4, 0.5) is 0 Å². The maximum absolute atomic E-state index is 11.7. The highest BCUT2D eigenvalue weighted by atomic mass is 16.5. The van der Waals surface area contributed by atoms with Gasteiger partial charge in [-0.1, -0.05) is 30.3 Å². The van der Waals surface area contributed by atoms with E-state index in [0.717, 1.165) is 83.8 Å². The lowest BCUT2D eigenvalue weighted by Gasteiger charge is -2.26. The molecule has 1 fully saturated rings. The number of hydrogen-bond donors (Lipinski definition) is 2. The molecule has 0 aliphatic carbocycles. The van der Waals surface area contributed by atoms with Crippen molar-refractivity contribution in [3.05, 3.63) is 60.2 Å². The van der Waals surface area contributed by atoms with Gasteiger partial charge in [0, 0.05) is 36.7 Å². The first-order valence-corrected chi connectivity index (χ1v) is 11.4. The maximum atomic E-state index is 11.7. The molecule has 5 rings (SSSR count). The van der Waals surface area contributed by atoms with Crippen molar-refractivity contribution in [3.63, 3.8) is 0 Å². The highest BCUT2D eigenvalue weighted by Crippen LogP contribution is 2.32. The summed E-state index contributed by atoms with van der Waals surface area (Å²) in [6, 6.07) is 17.9. The monoisotopic (exact) mass is 444 g/mol. The van der Waals surface area contributed by atoms with E-state index in [0.29, 0.717) is 6.61 Å². The van der Waals surface area contributed by atoms with Crippen LogP contribution in [0.25, 0.3) is 33.2 Å². The molecule has 3 heterocycles. The van der Waals surface area contributed by atoms with E-state index in [4.69, 9.17) is 20.2 Å². The number of rotatable bonds is 8. The van der Waals surface area contributed by atoms with Crippen LogP contribution < -0.4 is 10.5 Å².